The van der Waals surface area contributed by atoms with E-state index in [1.165, 1.54) is 19.3 Å². The van der Waals surface area contributed by atoms with Gasteiger partial charge in [-0.2, -0.15) is 8.42 Å². The Labute approximate surface area is 116 Å². The summed E-state index contributed by atoms with van der Waals surface area (Å²) in [5.74, 6) is 0. The Morgan fingerprint density at radius 1 is 0.842 bits per heavy atom. The minimum atomic E-state index is -4.07. The van der Waals surface area contributed by atoms with Crippen LogP contribution in [-0.2, 0) is 28.5 Å². The summed E-state index contributed by atoms with van der Waals surface area (Å²) in [6.07, 6.45) is 6.56. The van der Waals surface area contributed by atoms with Gasteiger partial charge in [0.15, 0.2) is 0 Å². The molecule has 0 aliphatic heterocycles. The molecule has 0 saturated heterocycles. The Morgan fingerprint density at radius 3 is 2.21 bits per heavy atom. The van der Waals surface area contributed by atoms with Crippen LogP contribution in [0.2, 0.25) is 0 Å². The van der Waals surface area contributed by atoms with Crippen LogP contribution in [0.1, 0.15) is 52.4 Å². The maximum atomic E-state index is 11.1. The average Bonchev–Trinajstić information content (AvgIpc) is 2.38. The number of unbranched alkanes of at least 4 members (excludes halogenated alkanes) is 5. The first-order chi connectivity index (χ1) is 9.12. The minimum Gasteiger partial charge on any atom is -0.379 e. The lowest BCUT2D eigenvalue weighted by Crippen LogP contribution is -2.14. The fraction of sp³-hybridized carbons (Fsp3) is 1.00. The van der Waals surface area contributed by atoms with Gasteiger partial charge in [0.05, 0.1) is 19.8 Å². The van der Waals surface area contributed by atoms with Crippen molar-refractivity contribution in [2.45, 2.75) is 52.4 Å². The molecule has 0 aromatic rings. The first-order valence-corrected chi connectivity index (χ1v) is 8.24. The molecule has 0 atom stereocenters. The van der Waals surface area contributed by atoms with Gasteiger partial charge >= 0.3 is 10.4 Å². The van der Waals surface area contributed by atoms with E-state index < -0.39 is 10.4 Å². The maximum absolute atomic E-state index is 11.1. The zero-order valence-corrected chi connectivity index (χ0v) is 12.7. The zero-order valence-electron chi connectivity index (χ0n) is 11.9. The van der Waals surface area contributed by atoms with Gasteiger partial charge < -0.3 is 4.74 Å². The second kappa shape index (κ2) is 12.8. The van der Waals surface area contributed by atoms with Crippen LogP contribution in [0.25, 0.3) is 0 Å². The quantitative estimate of drug-likeness (QED) is 0.279. The first kappa shape index (κ1) is 18.8. The highest BCUT2D eigenvalue weighted by Crippen LogP contribution is 2.05. The molecule has 0 rings (SSSR count). The van der Waals surface area contributed by atoms with Gasteiger partial charge in [0, 0.05) is 6.61 Å². The van der Waals surface area contributed by atoms with Crippen LogP contribution in [0.5, 0.6) is 0 Å². The molecule has 0 heterocycles. The fourth-order valence-electron chi connectivity index (χ4n) is 1.39. The Bertz CT molecular complexity index is 278. The lowest BCUT2D eigenvalue weighted by molar-refractivity contribution is -0.210. The van der Waals surface area contributed by atoms with E-state index in [9.17, 15) is 8.42 Å². The molecule has 0 aromatic carbocycles. The van der Waals surface area contributed by atoms with Crippen molar-refractivity contribution in [2.24, 2.45) is 0 Å². The summed E-state index contributed by atoms with van der Waals surface area (Å²) >= 11 is 0. The van der Waals surface area contributed by atoms with E-state index in [0.717, 1.165) is 19.3 Å². The van der Waals surface area contributed by atoms with Gasteiger partial charge in [-0.1, -0.05) is 43.4 Å². The topological polar surface area (TPSA) is 71.1 Å². The van der Waals surface area contributed by atoms with Gasteiger partial charge in [-0.05, 0) is 13.3 Å². The predicted molar refractivity (Wildman–Crippen MR) is 71.8 cm³/mol. The molecule has 0 amide bonds. The van der Waals surface area contributed by atoms with Crippen LogP contribution >= 0.6 is 0 Å². The van der Waals surface area contributed by atoms with Gasteiger partial charge in [-0.25, -0.2) is 9.07 Å². The third-order valence-corrected chi connectivity index (χ3v) is 3.09. The van der Waals surface area contributed by atoms with Crippen molar-refractivity contribution in [2.75, 3.05) is 26.4 Å². The predicted octanol–water partition coefficient (Wildman–Crippen LogP) is 2.59. The molecule has 0 N–H and O–H groups in total. The van der Waals surface area contributed by atoms with E-state index in [1.54, 1.807) is 0 Å². The monoisotopic (exact) mass is 298 g/mol. The number of ether oxygens (including phenoxy) is 1. The Balaban J connectivity index is 3.38. The molecule has 0 unspecified atom stereocenters. The van der Waals surface area contributed by atoms with Crippen LogP contribution in [0.3, 0.4) is 0 Å². The molecular weight excluding hydrogens is 272 g/mol. The van der Waals surface area contributed by atoms with Crippen molar-refractivity contribution >= 4 is 10.4 Å². The smallest absolute Gasteiger partial charge is 0.379 e. The largest absolute Gasteiger partial charge is 0.426 e. The highest BCUT2D eigenvalue weighted by molar-refractivity contribution is 7.81. The molecule has 0 fully saturated rings. The van der Waals surface area contributed by atoms with Crippen LogP contribution in [0.15, 0.2) is 0 Å². The summed E-state index contributed by atoms with van der Waals surface area (Å²) in [5.41, 5.74) is 0. The standard InChI is InChI=1S/C12H26O6S/c1-3-5-6-7-8-9-10-16-18-19(13,14)17-12-11-15-4-2/h3-12H2,1-2H3. The lowest BCUT2D eigenvalue weighted by atomic mass is 10.1. The fourth-order valence-corrected chi connectivity index (χ4v) is 1.89. The molecule has 7 heteroatoms. The molecule has 0 aliphatic rings. The number of rotatable bonds is 14. The van der Waals surface area contributed by atoms with Gasteiger partial charge in [0.25, 0.3) is 0 Å². The molecule has 0 aromatic heterocycles. The van der Waals surface area contributed by atoms with E-state index in [2.05, 4.69) is 20.3 Å². The van der Waals surface area contributed by atoms with Gasteiger partial charge in [0.2, 0.25) is 0 Å². The van der Waals surface area contributed by atoms with Crippen molar-refractivity contribution in [1.29, 1.82) is 0 Å². The lowest BCUT2D eigenvalue weighted by Gasteiger charge is -2.05. The normalized spacial score (nSPS) is 11.9. The first-order valence-electron chi connectivity index (χ1n) is 6.90. The van der Waals surface area contributed by atoms with Crippen LogP contribution in [-0.4, -0.2) is 34.8 Å². The SMILES string of the molecule is CCCCCCCCOOS(=O)(=O)OCCOCC. The molecule has 0 saturated carbocycles. The summed E-state index contributed by atoms with van der Waals surface area (Å²) in [6, 6.07) is 0. The summed E-state index contributed by atoms with van der Waals surface area (Å²) in [7, 11) is -4.07. The molecule has 0 radical (unpaired) electrons. The van der Waals surface area contributed by atoms with Crippen molar-refractivity contribution in [3.8, 4) is 0 Å². The maximum Gasteiger partial charge on any atom is 0.426 e. The van der Waals surface area contributed by atoms with E-state index in [0.29, 0.717) is 6.61 Å². The van der Waals surface area contributed by atoms with E-state index >= 15 is 0 Å². The van der Waals surface area contributed by atoms with Crippen LogP contribution in [0, 0.1) is 0 Å². The molecular formula is C12H26O6S. The third kappa shape index (κ3) is 14.0. The average molecular weight is 298 g/mol. The second-order valence-electron chi connectivity index (χ2n) is 4.08. The van der Waals surface area contributed by atoms with Crippen LogP contribution in [0.4, 0.5) is 0 Å². The number of hydrogen-bond donors (Lipinski definition) is 0. The molecule has 19 heavy (non-hydrogen) atoms. The van der Waals surface area contributed by atoms with E-state index in [-0.39, 0.29) is 19.8 Å². The van der Waals surface area contributed by atoms with Gasteiger partial charge in [-0.15, -0.1) is 0 Å². The third-order valence-electron chi connectivity index (χ3n) is 2.37. The zero-order chi connectivity index (χ0) is 14.4. The molecule has 6 nitrogen and oxygen atoms in total. The minimum absolute atomic E-state index is 0.0729. The Kier molecular flexibility index (Phi) is 12.7. The Hall–Kier alpha value is -0.210. The molecule has 116 valence electrons. The summed E-state index contributed by atoms with van der Waals surface area (Å²) in [6.45, 7) is 4.87. The van der Waals surface area contributed by atoms with Gasteiger partial charge in [-0.3, -0.25) is 0 Å². The van der Waals surface area contributed by atoms with Crippen molar-refractivity contribution in [3.63, 3.8) is 0 Å². The molecule has 0 aliphatic carbocycles. The molecule has 0 spiro atoms. The van der Waals surface area contributed by atoms with Crippen molar-refractivity contribution in [1.82, 2.24) is 0 Å². The van der Waals surface area contributed by atoms with Gasteiger partial charge in [0.1, 0.15) is 0 Å². The van der Waals surface area contributed by atoms with E-state index in [1.807, 2.05) is 6.92 Å². The summed E-state index contributed by atoms with van der Waals surface area (Å²) < 4.78 is 35.9. The van der Waals surface area contributed by atoms with E-state index in [4.69, 9.17) is 4.74 Å². The highest BCUT2D eigenvalue weighted by atomic mass is 32.3. The van der Waals surface area contributed by atoms with Crippen LogP contribution < -0.4 is 0 Å². The summed E-state index contributed by atoms with van der Waals surface area (Å²) in [5, 5.41) is 0. The summed E-state index contributed by atoms with van der Waals surface area (Å²) in [4.78, 5) is 4.61. The van der Waals surface area contributed by atoms with Crippen molar-refractivity contribution in [3.05, 3.63) is 0 Å². The Morgan fingerprint density at radius 2 is 1.53 bits per heavy atom. The molecule has 0 bridgehead atoms. The highest BCUT2D eigenvalue weighted by Gasteiger charge is 2.12. The second-order valence-corrected chi connectivity index (χ2v) is 5.27. The number of hydrogen-bond acceptors (Lipinski definition) is 6. The van der Waals surface area contributed by atoms with Crippen molar-refractivity contribution < 1.29 is 26.6 Å².